The van der Waals surface area contributed by atoms with Crippen LogP contribution in [0.5, 0.6) is 0 Å². The summed E-state index contributed by atoms with van der Waals surface area (Å²) in [4.78, 5) is 20.7. The fraction of sp³-hybridized carbons (Fsp3) is 0.727. The van der Waals surface area contributed by atoms with Gasteiger partial charge in [-0.1, -0.05) is 34.6 Å². The van der Waals surface area contributed by atoms with Gasteiger partial charge in [0, 0.05) is 5.41 Å². The Labute approximate surface area is 101 Å². The molecule has 2 N–H and O–H groups in total. The highest BCUT2D eigenvalue weighted by atomic mass is 16.7. The molecule has 0 aromatic carbocycles. The van der Waals surface area contributed by atoms with E-state index in [1.807, 2.05) is 34.6 Å². The van der Waals surface area contributed by atoms with Crippen molar-refractivity contribution >= 4 is 5.91 Å². The first-order valence-electron chi connectivity index (χ1n) is 5.65. The Kier molecular flexibility index (Phi) is 4.22. The van der Waals surface area contributed by atoms with E-state index >= 15 is 0 Å². The number of rotatable bonds is 4. The lowest BCUT2D eigenvalue weighted by Crippen LogP contribution is -2.26. The Bertz CT molecular complexity index is 379. The maximum absolute atomic E-state index is 11.6. The number of nitrogens with one attached hydrogen (secondary N) is 2. The van der Waals surface area contributed by atoms with Crippen LogP contribution in [0.25, 0.3) is 0 Å². The van der Waals surface area contributed by atoms with Crippen molar-refractivity contribution in [3.05, 3.63) is 11.6 Å². The number of nitrogens with zero attached hydrogens (tertiary/aromatic N) is 2. The smallest absolute Gasteiger partial charge is 0.273 e. The zero-order chi connectivity index (χ0) is 13.1. The molecular weight excluding hydrogens is 220 g/mol. The summed E-state index contributed by atoms with van der Waals surface area (Å²) < 4.78 is 0. The molecule has 0 saturated heterocycles. The van der Waals surface area contributed by atoms with Crippen molar-refractivity contribution in [3.8, 4) is 0 Å². The Morgan fingerprint density at radius 2 is 2.12 bits per heavy atom. The van der Waals surface area contributed by atoms with Gasteiger partial charge in [-0.25, -0.2) is 10.5 Å². The Morgan fingerprint density at radius 1 is 1.47 bits per heavy atom. The van der Waals surface area contributed by atoms with Gasteiger partial charge in [0.05, 0.1) is 6.61 Å². The molecule has 1 rings (SSSR count). The van der Waals surface area contributed by atoms with Gasteiger partial charge in [0.25, 0.3) is 0 Å². The molecule has 0 bridgehead atoms. The van der Waals surface area contributed by atoms with Crippen LogP contribution in [-0.2, 0) is 10.3 Å². The number of hydrogen-bond donors (Lipinski definition) is 2. The molecule has 1 heterocycles. The number of H-pyrrole nitrogens is 1. The van der Waals surface area contributed by atoms with E-state index in [0.717, 1.165) is 0 Å². The minimum absolute atomic E-state index is 0.0960. The molecular formula is C11H20N4O2. The second kappa shape index (κ2) is 5.27. The summed E-state index contributed by atoms with van der Waals surface area (Å²) in [5.41, 5.74) is 2.15. The van der Waals surface area contributed by atoms with Gasteiger partial charge in [-0.05, 0) is 5.92 Å². The maximum Gasteiger partial charge on any atom is 0.314 e. The van der Waals surface area contributed by atoms with Gasteiger partial charge in [0.15, 0.2) is 0 Å². The van der Waals surface area contributed by atoms with Crippen molar-refractivity contribution in [2.24, 2.45) is 5.92 Å². The molecule has 0 aliphatic carbocycles. The van der Waals surface area contributed by atoms with Gasteiger partial charge in [0.1, 0.15) is 5.82 Å². The van der Waals surface area contributed by atoms with Gasteiger partial charge in [-0.3, -0.25) is 14.7 Å². The largest absolute Gasteiger partial charge is 0.314 e. The fourth-order valence-corrected chi connectivity index (χ4v) is 1.02. The summed E-state index contributed by atoms with van der Waals surface area (Å²) in [6, 6.07) is 0. The number of amides is 1. The lowest BCUT2D eigenvalue weighted by Gasteiger charge is -2.12. The average Bonchev–Trinajstić information content (AvgIpc) is 2.64. The van der Waals surface area contributed by atoms with Crippen LogP contribution in [-0.4, -0.2) is 27.7 Å². The van der Waals surface area contributed by atoms with Gasteiger partial charge < -0.3 is 0 Å². The third kappa shape index (κ3) is 4.14. The summed E-state index contributed by atoms with van der Waals surface area (Å²) in [7, 11) is 0. The SMILES string of the molecule is CC(C)CONC(=O)c1n[nH]c(C(C)(C)C)n1. The van der Waals surface area contributed by atoms with Crippen molar-refractivity contribution in [1.82, 2.24) is 20.7 Å². The van der Waals surface area contributed by atoms with E-state index in [-0.39, 0.29) is 11.2 Å². The van der Waals surface area contributed by atoms with Gasteiger partial charge in [-0.2, -0.15) is 0 Å². The molecule has 17 heavy (non-hydrogen) atoms. The molecule has 1 aromatic heterocycles. The molecule has 96 valence electrons. The Hall–Kier alpha value is -1.43. The zero-order valence-corrected chi connectivity index (χ0v) is 11.0. The first-order valence-corrected chi connectivity index (χ1v) is 5.65. The van der Waals surface area contributed by atoms with E-state index in [1.54, 1.807) is 0 Å². The van der Waals surface area contributed by atoms with E-state index in [2.05, 4.69) is 20.7 Å². The van der Waals surface area contributed by atoms with E-state index in [0.29, 0.717) is 18.3 Å². The van der Waals surface area contributed by atoms with Crippen molar-refractivity contribution in [2.75, 3.05) is 6.61 Å². The summed E-state index contributed by atoms with van der Waals surface area (Å²) in [6.45, 7) is 10.4. The van der Waals surface area contributed by atoms with Crippen LogP contribution in [0, 0.1) is 5.92 Å². The van der Waals surface area contributed by atoms with E-state index in [9.17, 15) is 4.79 Å². The van der Waals surface area contributed by atoms with Crippen LogP contribution in [0.4, 0.5) is 0 Å². The standard InChI is InChI=1S/C11H20N4O2/c1-7(2)6-17-15-9(16)8-12-10(14-13-8)11(3,4)5/h7H,6H2,1-5H3,(H,15,16)(H,12,13,14). The van der Waals surface area contributed by atoms with Crippen LogP contribution in [0.15, 0.2) is 0 Å². The van der Waals surface area contributed by atoms with Crippen LogP contribution < -0.4 is 5.48 Å². The van der Waals surface area contributed by atoms with Crippen LogP contribution in [0.1, 0.15) is 51.1 Å². The fourth-order valence-electron chi connectivity index (χ4n) is 1.02. The van der Waals surface area contributed by atoms with E-state index in [1.165, 1.54) is 0 Å². The molecule has 0 atom stereocenters. The first kappa shape index (κ1) is 13.6. The number of aromatic amines is 1. The quantitative estimate of drug-likeness (QED) is 0.780. The van der Waals surface area contributed by atoms with Crippen LogP contribution in [0.2, 0.25) is 0 Å². The number of carbonyl (C=O) groups excluding carboxylic acids is 1. The summed E-state index contributed by atoms with van der Waals surface area (Å²) in [5.74, 6) is 0.690. The summed E-state index contributed by atoms with van der Waals surface area (Å²) in [6.07, 6.45) is 0. The number of hydrogen-bond acceptors (Lipinski definition) is 4. The van der Waals surface area contributed by atoms with Gasteiger partial charge in [-0.15, -0.1) is 5.10 Å². The molecule has 0 fully saturated rings. The normalized spacial score (nSPS) is 11.9. The van der Waals surface area contributed by atoms with Crippen molar-refractivity contribution in [2.45, 2.75) is 40.0 Å². The molecule has 0 unspecified atom stereocenters. The highest BCUT2D eigenvalue weighted by Gasteiger charge is 2.21. The topological polar surface area (TPSA) is 79.9 Å². The highest BCUT2D eigenvalue weighted by molar-refractivity contribution is 5.89. The predicted octanol–water partition coefficient (Wildman–Crippen LogP) is 1.42. The average molecular weight is 240 g/mol. The molecule has 0 saturated carbocycles. The number of carbonyl (C=O) groups is 1. The third-order valence-corrected chi connectivity index (χ3v) is 1.98. The molecule has 1 amide bonds. The third-order valence-electron chi connectivity index (χ3n) is 1.98. The van der Waals surface area contributed by atoms with Crippen LogP contribution >= 0.6 is 0 Å². The predicted molar refractivity (Wildman–Crippen MR) is 63.3 cm³/mol. The Morgan fingerprint density at radius 3 is 2.59 bits per heavy atom. The molecule has 1 aromatic rings. The lowest BCUT2D eigenvalue weighted by atomic mass is 9.96. The first-order chi connectivity index (χ1) is 7.80. The minimum atomic E-state index is -0.433. The lowest BCUT2D eigenvalue weighted by molar-refractivity contribution is 0.0201. The molecule has 0 aliphatic rings. The summed E-state index contributed by atoms with van der Waals surface area (Å²) in [5, 5.41) is 6.60. The Balaban J connectivity index is 2.56. The molecule has 0 radical (unpaired) electrons. The maximum atomic E-state index is 11.6. The molecule has 6 heteroatoms. The van der Waals surface area contributed by atoms with Gasteiger partial charge in [0.2, 0.25) is 5.82 Å². The number of hydroxylamine groups is 1. The monoisotopic (exact) mass is 240 g/mol. The second-order valence-corrected chi connectivity index (χ2v) is 5.39. The summed E-state index contributed by atoms with van der Waals surface area (Å²) >= 11 is 0. The zero-order valence-electron chi connectivity index (χ0n) is 11.0. The van der Waals surface area contributed by atoms with Crippen LogP contribution in [0.3, 0.4) is 0 Å². The van der Waals surface area contributed by atoms with Gasteiger partial charge >= 0.3 is 5.91 Å². The minimum Gasteiger partial charge on any atom is -0.273 e. The van der Waals surface area contributed by atoms with Crippen molar-refractivity contribution < 1.29 is 9.63 Å². The second-order valence-electron chi connectivity index (χ2n) is 5.39. The van der Waals surface area contributed by atoms with Crippen molar-refractivity contribution in [1.29, 1.82) is 0 Å². The van der Waals surface area contributed by atoms with E-state index in [4.69, 9.17) is 4.84 Å². The molecule has 6 nitrogen and oxygen atoms in total. The number of aromatic nitrogens is 3. The van der Waals surface area contributed by atoms with Crippen molar-refractivity contribution in [3.63, 3.8) is 0 Å². The van der Waals surface area contributed by atoms with E-state index < -0.39 is 5.91 Å². The molecule has 0 spiro atoms. The molecule has 0 aliphatic heterocycles. The highest BCUT2D eigenvalue weighted by Crippen LogP contribution is 2.17.